The largest absolute Gasteiger partial charge is 0.509 e. The van der Waals surface area contributed by atoms with E-state index >= 15 is 0 Å². The Bertz CT molecular complexity index is 832. The molecule has 0 aromatic heterocycles. The molecule has 0 unspecified atom stereocenters. The molecule has 0 bridgehead atoms. The van der Waals surface area contributed by atoms with Gasteiger partial charge in [0.1, 0.15) is 18.0 Å². The van der Waals surface area contributed by atoms with Crippen molar-refractivity contribution < 1.29 is 14.6 Å². The van der Waals surface area contributed by atoms with Crippen LogP contribution in [0.3, 0.4) is 0 Å². The maximum Gasteiger partial charge on any atom is 0.198 e. The van der Waals surface area contributed by atoms with Crippen LogP contribution in [0, 0.1) is 6.92 Å². The predicted molar refractivity (Wildman–Crippen MR) is 96.2 cm³/mol. The lowest BCUT2D eigenvalue weighted by molar-refractivity contribution is -0.136. The molecule has 3 nitrogen and oxygen atoms in total. The van der Waals surface area contributed by atoms with E-state index < -0.39 is 5.60 Å². The molecule has 1 N–H and O–H groups in total. The van der Waals surface area contributed by atoms with Gasteiger partial charge in [0.05, 0.1) is 5.57 Å². The molecule has 3 rings (SSSR count). The second kappa shape index (κ2) is 6.08. The number of carbonyl (C=O) groups excluding carboxylic acids is 1. The number of aryl methyl sites for hydroxylation is 1. The number of aliphatic hydroxyl groups excluding tert-OH is 1. The number of carbonyl (C=O) groups is 1. The van der Waals surface area contributed by atoms with Crippen LogP contribution >= 0.6 is 11.6 Å². The van der Waals surface area contributed by atoms with Crippen molar-refractivity contribution in [1.29, 1.82) is 0 Å². The van der Waals surface area contributed by atoms with Crippen LogP contribution in [0.4, 0.5) is 0 Å². The average molecular weight is 343 g/mol. The second-order valence-corrected chi connectivity index (χ2v) is 6.92. The number of halogens is 1. The van der Waals surface area contributed by atoms with Gasteiger partial charge in [0, 0.05) is 5.02 Å². The van der Waals surface area contributed by atoms with E-state index in [1.807, 2.05) is 49.4 Å². The minimum atomic E-state index is -0.940. The quantitative estimate of drug-likeness (QED) is 0.838. The minimum absolute atomic E-state index is 0.0179. The Kier molecular flexibility index (Phi) is 4.24. The third kappa shape index (κ3) is 2.97. The molecule has 2 aromatic rings. The van der Waals surface area contributed by atoms with Gasteiger partial charge in [0.2, 0.25) is 0 Å². The number of hydrogen-bond acceptors (Lipinski definition) is 3. The average Bonchev–Trinajstić information content (AvgIpc) is 2.54. The van der Waals surface area contributed by atoms with E-state index in [4.69, 9.17) is 16.3 Å². The Morgan fingerprint density at radius 2 is 1.71 bits per heavy atom. The molecule has 1 aliphatic heterocycles. The van der Waals surface area contributed by atoms with Crippen LogP contribution in [0.1, 0.15) is 25.0 Å². The van der Waals surface area contributed by atoms with Crippen molar-refractivity contribution >= 4 is 23.0 Å². The highest BCUT2D eigenvalue weighted by Gasteiger charge is 2.38. The summed E-state index contributed by atoms with van der Waals surface area (Å²) in [6.45, 7) is 5.41. The van der Waals surface area contributed by atoms with Crippen molar-refractivity contribution in [2.45, 2.75) is 26.4 Å². The van der Waals surface area contributed by atoms with Crippen molar-refractivity contribution in [3.63, 3.8) is 0 Å². The summed E-state index contributed by atoms with van der Waals surface area (Å²) in [5.41, 5.74) is 3.04. The number of ether oxygens (including phenoxy) is 1. The molecule has 0 radical (unpaired) electrons. The number of ketones is 1. The van der Waals surface area contributed by atoms with E-state index in [1.54, 1.807) is 13.8 Å². The number of hydrogen-bond donors (Lipinski definition) is 1. The predicted octanol–water partition coefficient (Wildman–Crippen LogP) is 4.96. The Labute approximate surface area is 146 Å². The second-order valence-electron chi connectivity index (χ2n) is 6.49. The summed E-state index contributed by atoms with van der Waals surface area (Å²) in [5.74, 6) is -0.224. The highest BCUT2D eigenvalue weighted by atomic mass is 35.5. The zero-order valence-electron chi connectivity index (χ0n) is 13.9. The molecule has 4 heteroatoms. The Hall–Kier alpha value is -2.10. The van der Waals surface area contributed by atoms with E-state index in [0.717, 1.165) is 22.3 Å². The van der Waals surface area contributed by atoms with Crippen LogP contribution in [-0.4, -0.2) is 23.1 Å². The molecule has 0 atom stereocenters. The molecule has 0 saturated heterocycles. The van der Waals surface area contributed by atoms with Gasteiger partial charge in [-0.1, -0.05) is 35.9 Å². The van der Waals surface area contributed by atoms with Gasteiger partial charge >= 0.3 is 0 Å². The van der Waals surface area contributed by atoms with Crippen LogP contribution in [-0.2, 0) is 9.53 Å². The first-order valence-corrected chi connectivity index (χ1v) is 8.15. The smallest absolute Gasteiger partial charge is 0.198 e. The third-order valence-electron chi connectivity index (χ3n) is 4.32. The minimum Gasteiger partial charge on any atom is -0.509 e. The monoisotopic (exact) mass is 342 g/mol. The van der Waals surface area contributed by atoms with Gasteiger partial charge in [-0.3, -0.25) is 4.79 Å². The summed E-state index contributed by atoms with van der Waals surface area (Å²) in [6, 6.07) is 13.4. The highest BCUT2D eigenvalue weighted by Crippen LogP contribution is 2.34. The van der Waals surface area contributed by atoms with Gasteiger partial charge in [0.25, 0.3) is 0 Å². The van der Waals surface area contributed by atoms with Crippen molar-refractivity contribution in [1.82, 2.24) is 0 Å². The van der Waals surface area contributed by atoms with Crippen LogP contribution in [0.2, 0.25) is 5.02 Å². The van der Waals surface area contributed by atoms with Crippen LogP contribution in [0.5, 0.6) is 0 Å². The molecule has 24 heavy (non-hydrogen) atoms. The van der Waals surface area contributed by atoms with E-state index in [2.05, 4.69) is 0 Å². The number of Topliss-reactive ketones (excluding diaryl/α,β-unsaturated/α-hetero) is 1. The number of rotatable bonds is 2. The van der Waals surface area contributed by atoms with Crippen molar-refractivity contribution in [2.24, 2.45) is 0 Å². The van der Waals surface area contributed by atoms with E-state index in [1.165, 1.54) is 0 Å². The van der Waals surface area contributed by atoms with Crippen molar-refractivity contribution in [2.75, 3.05) is 6.61 Å². The maximum atomic E-state index is 12.7. The van der Waals surface area contributed by atoms with Gasteiger partial charge < -0.3 is 9.84 Å². The Morgan fingerprint density at radius 3 is 2.38 bits per heavy atom. The third-order valence-corrected chi connectivity index (χ3v) is 4.57. The fourth-order valence-electron chi connectivity index (χ4n) is 2.81. The topological polar surface area (TPSA) is 46.5 Å². The summed E-state index contributed by atoms with van der Waals surface area (Å²) in [6.07, 6.45) is 0. The lowest BCUT2D eigenvalue weighted by Crippen LogP contribution is -2.40. The molecule has 0 fully saturated rings. The molecule has 0 amide bonds. The molecule has 0 saturated carbocycles. The Morgan fingerprint density at radius 1 is 1.08 bits per heavy atom. The van der Waals surface area contributed by atoms with Gasteiger partial charge in [-0.05, 0) is 61.2 Å². The fourth-order valence-corrected chi connectivity index (χ4v) is 2.94. The molecule has 0 spiro atoms. The molecule has 1 heterocycles. The summed E-state index contributed by atoms with van der Waals surface area (Å²) in [7, 11) is 0. The van der Waals surface area contributed by atoms with Gasteiger partial charge in [-0.2, -0.15) is 0 Å². The molecule has 0 aliphatic carbocycles. The van der Waals surface area contributed by atoms with Crippen LogP contribution < -0.4 is 0 Å². The zero-order valence-corrected chi connectivity index (χ0v) is 14.6. The van der Waals surface area contributed by atoms with Crippen molar-refractivity contribution in [3.05, 3.63) is 64.4 Å². The first-order valence-electron chi connectivity index (χ1n) is 7.77. The first-order chi connectivity index (χ1) is 11.3. The number of benzene rings is 2. The summed E-state index contributed by atoms with van der Waals surface area (Å²) in [4.78, 5) is 12.7. The SMILES string of the molecule is Cc1ccc(-c2ccc(Cl)cc2)cc1C1=C(O)COC(C)(C)C1=O. The van der Waals surface area contributed by atoms with Crippen LogP contribution in [0.15, 0.2) is 48.2 Å². The highest BCUT2D eigenvalue weighted by molar-refractivity contribution is 6.30. The summed E-state index contributed by atoms with van der Waals surface area (Å²) >= 11 is 5.95. The first kappa shape index (κ1) is 16.7. The zero-order chi connectivity index (χ0) is 17.5. The summed E-state index contributed by atoms with van der Waals surface area (Å²) < 4.78 is 5.44. The Balaban J connectivity index is 2.13. The van der Waals surface area contributed by atoms with E-state index in [0.29, 0.717) is 10.6 Å². The lowest BCUT2D eigenvalue weighted by atomic mass is 9.85. The number of aliphatic hydroxyl groups is 1. The summed E-state index contributed by atoms with van der Waals surface area (Å²) in [5, 5.41) is 10.9. The van der Waals surface area contributed by atoms with Gasteiger partial charge in [0.15, 0.2) is 5.78 Å². The lowest BCUT2D eigenvalue weighted by Gasteiger charge is -2.30. The molecular formula is C20H19ClO3. The van der Waals surface area contributed by atoms with E-state index in [9.17, 15) is 9.90 Å². The van der Waals surface area contributed by atoms with Gasteiger partial charge in [-0.25, -0.2) is 0 Å². The van der Waals surface area contributed by atoms with Gasteiger partial charge in [-0.15, -0.1) is 0 Å². The van der Waals surface area contributed by atoms with E-state index in [-0.39, 0.29) is 18.1 Å². The standard InChI is InChI=1S/C20H19ClO3/c1-12-4-5-14(13-6-8-15(21)9-7-13)10-16(12)18-17(22)11-24-20(2,3)19(18)23/h4-10,22H,11H2,1-3H3. The maximum absolute atomic E-state index is 12.7. The molecule has 2 aromatic carbocycles. The normalized spacial score (nSPS) is 17.2. The fraction of sp³-hybridized carbons (Fsp3) is 0.250. The molecule has 1 aliphatic rings. The molecular weight excluding hydrogens is 324 g/mol. The molecule has 124 valence electrons. The van der Waals surface area contributed by atoms with Crippen molar-refractivity contribution in [3.8, 4) is 11.1 Å². The van der Waals surface area contributed by atoms with Crippen LogP contribution in [0.25, 0.3) is 16.7 Å².